The van der Waals surface area contributed by atoms with E-state index in [2.05, 4.69) is 15.5 Å². The smallest absolute Gasteiger partial charge is 0.361 e. The molecule has 10 heteroatoms. The second-order valence-corrected chi connectivity index (χ2v) is 7.17. The number of H-pyrrole nitrogens is 1. The third-order valence-corrected chi connectivity index (χ3v) is 4.94. The Hall–Kier alpha value is -3.69. The first-order chi connectivity index (χ1) is 15.2. The summed E-state index contributed by atoms with van der Waals surface area (Å²) in [6.45, 7) is 0.142. The molecule has 0 saturated heterocycles. The van der Waals surface area contributed by atoms with E-state index in [1.165, 1.54) is 12.1 Å². The summed E-state index contributed by atoms with van der Waals surface area (Å²) in [6, 6.07) is 7.77. The van der Waals surface area contributed by atoms with Crippen molar-refractivity contribution in [3.63, 3.8) is 0 Å². The number of hydrogen-bond donors (Lipinski definition) is 2. The molecule has 4 aromatic rings. The number of halogens is 5. The number of carbonyl (C=O) groups is 1. The van der Waals surface area contributed by atoms with Gasteiger partial charge in [0.2, 0.25) is 0 Å². The molecule has 1 amide bonds. The fraction of sp³-hybridized carbons (Fsp3) is 0.182. The number of fused-ring (bicyclic) bond motifs is 1. The van der Waals surface area contributed by atoms with Crippen LogP contribution in [0.25, 0.3) is 10.9 Å². The van der Waals surface area contributed by atoms with Crippen LogP contribution in [0.3, 0.4) is 0 Å². The van der Waals surface area contributed by atoms with Crippen LogP contribution in [0.5, 0.6) is 0 Å². The Morgan fingerprint density at radius 3 is 2.66 bits per heavy atom. The fourth-order valence-electron chi connectivity index (χ4n) is 3.33. The average molecular weight is 449 g/mol. The van der Waals surface area contributed by atoms with Crippen molar-refractivity contribution in [3.8, 4) is 0 Å². The summed E-state index contributed by atoms with van der Waals surface area (Å²) in [5, 5.41) is 6.67. The van der Waals surface area contributed by atoms with E-state index in [0.717, 1.165) is 30.3 Å². The fourth-order valence-corrected chi connectivity index (χ4v) is 3.33. The van der Waals surface area contributed by atoms with Crippen LogP contribution < -0.4 is 5.32 Å². The van der Waals surface area contributed by atoms with Crippen molar-refractivity contribution in [2.45, 2.75) is 19.0 Å². The zero-order valence-electron chi connectivity index (χ0n) is 16.4. The van der Waals surface area contributed by atoms with Gasteiger partial charge in [0, 0.05) is 36.1 Å². The maximum Gasteiger partial charge on any atom is 0.416 e. The number of aromatic amines is 1. The van der Waals surface area contributed by atoms with Crippen molar-refractivity contribution in [1.82, 2.24) is 15.5 Å². The molecule has 4 rings (SSSR count). The Morgan fingerprint density at radius 1 is 1.06 bits per heavy atom. The number of benzene rings is 2. The van der Waals surface area contributed by atoms with Gasteiger partial charge in [-0.1, -0.05) is 5.16 Å². The van der Waals surface area contributed by atoms with Gasteiger partial charge in [0.1, 0.15) is 17.4 Å². The molecule has 2 N–H and O–H groups in total. The summed E-state index contributed by atoms with van der Waals surface area (Å²) in [7, 11) is 0. The monoisotopic (exact) mass is 449 g/mol. The van der Waals surface area contributed by atoms with Crippen LogP contribution in [-0.4, -0.2) is 22.6 Å². The summed E-state index contributed by atoms with van der Waals surface area (Å²) < 4.78 is 70.9. The van der Waals surface area contributed by atoms with Crippen molar-refractivity contribution >= 4 is 16.8 Å². The molecule has 0 spiro atoms. The predicted octanol–water partition coefficient (Wildman–Crippen LogP) is 5.02. The molecule has 0 aliphatic carbocycles. The Labute approximate surface area is 178 Å². The van der Waals surface area contributed by atoms with Gasteiger partial charge >= 0.3 is 6.18 Å². The number of carbonyl (C=O) groups excluding carboxylic acids is 1. The average Bonchev–Trinajstić information content (AvgIpc) is 3.37. The van der Waals surface area contributed by atoms with Crippen LogP contribution in [0.15, 0.2) is 53.2 Å². The lowest BCUT2D eigenvalue weighted by atomic mass is 10.1. The Balaban J connectivity index is 1.38. The van der Waals surface area contributed by atoms with Gasteiger partial charge in [-0.2, -0.15) is 13.2 Å². The lowest BCUT2D eigenvalue weighted by molar-refractivity contribution is -0.137. The largest absolute Gasteiger partial charge is 0.416 e. The maximum absolute atomic E-state index is 13.8. The minimum atomic E-state index is -4.45. The van der Waals surface area contributed by atoms with Crippen molar-refractivity contribution in [3.05, 3.63) is 88.4 Å². The van der Waals surface area contributed by atoms with Gasteiger partial charge in [-0.05, 0) is 53.9 Å². The van der Waals surface area contributed by atoms with Gasteiger partial charge in [0.05, 0.1) is 5.56 Å². The highest BCUT2D eigenvalue weighted by Crippen LogP contribution is 2.32. The zero-order valence-corrected chi connectivity index (χ0v) is 16.4. The topological polar surface area (TPSA) is 70.9 Å². The minimum Gasteiger partial charge on any atom is -0.361 e. The molecular formula is C22H16F5N3O2. The van der Waals surface area contributed by atoms with Crippen molar-refractivity contribution < 1.29 is 31.3 Å². The molecule has 0 aliphatic heterocycles. The molecule has 166 valence electrons. The van der Waals surface area contributed by atoms with E-state index in [1.54, 1.807) is 6.20 Å². The molecule has 0 fully saturated rings. The van der Waals surface area contributed by atoms with Gasteiger partial charge in [0.25, 0.3) is 5.91 Å². The van der Waals surface area contributed by atoms with E-state index in [-0.39, 0.29) is 36.4 Å². The number of nitrogens with one attached hydrogen (secondary N) is 2. The number of rotatable bonds is 6. The third-order valence-electron chi connectivity index (χ3n) is 4.94. The molecule has 0 unspecified atom stereocenters. The number of aromatic nitrogens is 2. The Bertz CT molecular complexity index is 1280. The maximum atomic E-state index is 13.8. The summed E-state index contributed by atoms with van der Waals surface area (Å²) >= 11 is 0. The summed E-state index contributed by atoms with van der Waals surface area (Å²) in [5.74, 6) is -1.59. The Morgan fingerprint density at radius 2 is 1.88 bits per heavy atom. The third kappa shape index (κ3) is 4.63. The van der Waals surface area contributed by atoms with Crippen LogP contribution in [0.4, 0.5) is 22.0 Å². The van der Waals surface area contributed by atoms with Gasteiger partial charge in [-0.25, -0.2) is 8.78 Å². The molecule has 0 bridgehead atoms. The second kappa shape index (κ2) is 8.45. The highest BCUT2D eigenvalue weighted by Gasteiger charge is 2.30. The molecule has 5 nitrogen and oxygen atoms in total. The van der Waals surface area contributed by atoms with E-state index in [9.17, 15) is 26.7 Å². The lowest BCUT2D eigenvalue weighted by Crippen LogP contribution is -2.25. The summed E-state index contributed by atoms with van der Waals surface area (Å²) in [5.41, 5.74) is 0.444. The molecule has 0 aliphatic rings. The standard InChI is InChI=1S/C22H16F5N3O2/c23-15-2-3-18(24)13(7-15)8-16-10-20(30-32-16)21(31)28-6-5-12-11-29-19-4-1-14(9-17(12)19)22(25,26)27/h1-4,7,9-11,29H,5-6,8H2,(H,28,31). The molecule has 0 radical (unpaired) electrons. The molecule has 32 heavy (non-hydrogen) atoms. The number of nitrogens with zero attached hydrogens (tertiary/aromatic N) is 1. The Kier molecular flexibility index (Phi) is 5.68. The quantitative estimate of drug-likeness (QED) is 0.407. The van der Waals surface area contributed by atoms with Crippen LogP contribution in [0.1, 0.15) is 32.9 Å². The van der Waals surface area contributed by atoms with Crippen LogP contribution in [0.2, 0.25) is 0 Å². The van der Waals surface area contributed by atoms with Gasteiger partial charge in [-0.15, -0.1) is 0 Å². The predicted molar refractivity (Wildman–Crippen MR) is 105 cm³/mol. The van der Waals surface area contributed by atoms with Crippen molar-refractivity contribution in [2.75, 3.05) is 6.54 Å². The molecular weight excluding hydrogens is 433 g/mol. The highest BCUT2D eigenvalue weighted by molar-refractivity contribution is 5.92. The lowest BCUT2D eigenvalue weighted by Gasteiger charge is -2.07. The van der Waals surface area contributed by atoms with E-state index in [1.807, 2.05) is 0 Å². The SMILES string of the molecule is O=C(NCCc1c[nH]c2ccc(C(F)(F)F)cc12)c1cc(Cc2cc(F)ccc2F)on1. The first-order valence-corrected chi connectivity index (χ1v) is 9.55. The molecule has 0 atom stereocenters. The van der Waals surface area contributed by atoms with E-state index in [0.29, 0.717) is 16.5 Å². The van der Waals surface area contributed by atoms with E-state index in [4.69, 9.17) is 4.52 Å². The number of amides is 1. The van der Waals surface area contributed by atoms with E-state index < -0.39 is 29.3 Å². The summed E-state index contributed by atoms with van der Waals surface area (Å²) in [4.78, 5) is 15.2. The first-order valence-electron chi connectivity index (χ1n) is 9.55. The van der Waals surface area contributed by atoms with Gasteiger partial charge < -0.3 is 14.8 Å². The highest BCUT2D eigenvalue weighted by atomic mass is 19.4. The molecule has 2 aromatic heterocycles. The minimum absolute atomic E-state index is 0.0462. The van der Waals surface area contributed by atoms with Crippen molar-refractivity contribution in [1.29, 1.82) is 0 Å². The summed E-state index contributed by atoms with van der Waals surface area (Å²) in [6.07, 6.45) is -2.65. The van der Waals surface area contributed by atoms with Crippen LogP contribution in [0, 0.1) is 11.6 Å². The molecule has 0 saturated carbocycles. The van der Waals surface area contributed by atoms with Crippen molar-refractivity contribution in [2.24, 2.45) is 0 Å². The van der Waals surface area contributed by atoms with Gasteiger partial charge in [0.15, 0.2) is 5.69 Å². The first kappa shape index (κ1) is 21.5. The normalized spacial score (nSPS) is 11.8. The van der Waals surface area contributed by atoms with E-state index >= 15 is 0 Å². The van der Waals surface area contributed by atoms with Crippen LogP contribution in [-0.2, 0) is 19.0 Å². The number of alkyl halides is 3. The molecule has 2 heterocycles. The second-order valence-electron chi connectivity index (χ2n) is 7.17. The zero-order chi connectivity index (χ0) is 22.9. The number of hydrogen-bond acceptors (Lipinski definition) is 3. The van der Waals surface area contributed by atoms with Gasteiger partial charge in [-0.3, -0.25) is 4.79 Å². The van der Waals surface area contributed by atoms with Crippen LogP contribution >= 0.6 is 0 Å². The molecule has 2 aromatic carbocycles.